The maximum Gasteiger partial charge on any atom is 0.191 e. The third-order valence-electron chi connectivity index (χ3n) is 4.72. The van der Waals surface area contributed by atoms with Crippen molar-refractivity contribution in [2.45, 2.75) is 39.8 Å². The molecule has 0 saturated heterocycles. The Labute approximate surface area is 171 Å². The van der Waals surface area contributed by atoms with E-state index in [-0.39, 0.29) is 0 Å². The van der Waals surface area contributed by atoms with E-state index in [1.807, 2.05) is 19.3 Å². The summed E-state index contributed by atoms with van der Waals surface area (Å²) in [7, 11) is 0. The molecule has 0 aliphatic heterocycles. The van der Waals surface area contributed by atoms with Crippen LogP contribution >= 0.6 is 11.3 Å². The zero-order valence-electron chi connectivity index (χ0n) is 16.9. The molecule has 2 aromatic heterocycles. The number of nitrogens with zero attached hydrogens (tertiary/aromatic N) is 3. The molecule has 0 fully saturated rings. The van der Waals surface area contributed by atoms with Crippen LogP contribution in [0.15, 0.2) is 58.5 Å². The average Bonchev–Trinajstić information content (AvgIpc) is 3.37. The third-order valence-corrected chi connectivity index (χ3v) is 5.42. The molecule has 0 saturated carbocycles. The molecular formula is C22H29N5S. The lowest BCUT2D eigenvalue weighted by Crippen LogP contribution is -2.39. The molecule has 0 aliphatic rings. The van der Waals surface area contributed by atoms with Crippen molar-refractivity contribution in [1.82, 2.24) is 20.2 Å². The summed E-state index contributed by atoms with van der Waals surface area (Å²) in [6.45, 7) is 9.55. The number of thiophene rings is 1. The fourth-order valence-corrected chi connectivity index (χ4v) is 3.81. The van der Waals surface area contributed by atoms with Gasteiger partial charge in [0, 0.05) is 32.0 Å². The van der Waals surface area contributed by atoms with Crippen molar-refractivity contribution in [2.24, 2.45) is 4.99 Å². The van der Waals surface area contributed by atoms with Crippen LogP contribution in [0.5, 0.6) is 0 Å². The second kappa shape index (κ2) is 10.1. The van der Waals surface area contributed by atoms with Crippen molar-refractivity contribution in [3.63, 3.8) is 0 Å². The maximum absolute atomic E-state index is 4.77. The largest absolute Gasteiger partial charge is 0.357 e. The van der Waals surface area contributed by atoms with Gasteiger partial charge in [-0.3, -0.25) is 0 Å². The monoisotopic (exact) mass is 395 g/mol. The van der Waals surface area contributed by atoms with Gasteiger partial charge in [0.05, 0.1) is 6.54 Å². The number of guanidine groups is 1. The lowest BCUT2D eigenvalue weighted by atomic mass is 10.1. The van der Waals surface area contributed by atoms with Crippen molar-refractivity contribution in [1.29, 1.82) is 0 Å². The van der Waals surface area contributed by atoms with Crippen molar-refractivity contribution >= 4 is 17.3 Å². The van der Waals surface area contributed by atoms with Crippen LogP contribution in [0.3, 0.4) is 0 Å². The van der Waals surface area contributed by atoms with E-state index in [0.717, 1.165) is 31.4 Å². The molecule has 1 aromatic carbocycles. The van der Waals surface area contributed by atoms with Crippen molar-refractivity contribution in [3.05, 3.63) is 76.0 Å². The van der Waals surface area contributed by atoms with E-state index in [1.165, 1.54) is 16.7 Å². The van der Waals surface area contributed by atoms with E-state index < -0.39 is 0 Å². The SMILES string of the molecule is CCNC(=NCc1cccc(Cn2ccnc2C)c1)NCC(C)c1ccsc1. The van der Waals surface area contributed by atoms with Gasteiger partial charge in [-0.05, 0) is 53.3 Å². The van der Waals surface area contributed by atoms with E-state index in [2.05, 4.69) is 75.1 Å². The lowest BCUT2D eigenvalue weighted by molar-refractivity contribution is 0.701. The standard InChI is InChI=1S/C22H29N5S/c1-4-23-22(25-13-17(2)21-8-11-28-16-21)26-14-19-6-5-7-20(12-19)15-27-10-9-24-18(27)3/h5-12,16-17H,4,13-15H2,1-3H3,(H2,23,25,26). The zero-order chi connectivity index (χ0) is 19.8. The molecule has 2 heterocycles. The topological polar surface area (TPSA) is 54.2 Å². The number of benzene rings is 1. The molecule has 0 spiro atoms. The van der Waals surface area contributed by atoms with E-state index in [0.29, 0.717) is 12.5 Å². The van der Waals surface area contributed by atoms with Gasteiger partial charge in [-0.15, -0.1) is 0 Å². The maximum atomic E-state index is 4.77. The summed E-state index contributed by atoms with van der Waals surface area (Å²) in [5.41, 5.74) is 3.84. The van der Waals surface area contributed by atoms with Gasteiger partial charge in [0.1, 0.15) is 5.82 Å². The van der Waals surface area contributed by atoms with Gasteiger partial charge in [-0.2, -0.15) is 11.3 Å². The summed E-state index contributed by atoms with van der Waals surface area (Å²) >= 11 is 1.74. The Hall–Kier alpha value is -2.60. The van der Waals surface area contributed by atoms with Gasteiger partial charge in [0.2, 0.25) is 0 Å². The predicted molar refractivity (Wildman–Crippen MR) is 118 cm³/mol. The van der Waals surface area contributed by atoms with Crippen LogP contribution in [0.25, 0.3) is 0 Å². The molecule has 28 heavy (non-hydrogen) atoms. The average molecular weight is 396 g/mol. The molecule has 2 N–H and O–H groups in total. The highest BCUT2D eigenvalue weighted by Crippen LogP contribution is 2.17. The van der Waals surface area contributed by atoms with Crippen LogP contribution in [0, 0.1) is 6.92 Å². The Balaban J connectivity index is 1.60. The van der Waals surface area contributed by atoms with Crippen molar-refractivity contribution < 1.29 is 0 Å². The lowest BCUT2D eigenvalue weighted by Gasteiger charge is -2.15. The molecule has 1 unspecified atom stereocenters. The fourth-order valence-electron chi connectivity index (χ4n) is 3.03. The first kappa shape index (κ1) is 20.1. The van der Waals surface area contributed by atoms with Crippen LogP contribution in [-0.2, 0) is 13.1 Å². The van der Waals surface area contributed by atoms with Gasteiger partial charge in [-0.25, -0.2) is 9.98 Å². The number of aliphatic imine (C=N–C) groups is 1. The zero-order valence-corrected chi connectivity index (χ0v) is 17.7. The highest BCUT2D eigenvalue weighted by atomic mass is 32.1. The smallest absolute Gasteiger partial charge is 0.191 e. The predicted octanol–water partition coefficient (Wildman–Crippen LogP) is 4.16. The molecule has 6 heteroatoms. The van der Waals surface area contributed by atoms with Crippen molar-refractivity contribution in [2.75, 3.05) is 13.1 Å². The fraction of sp³-hybridized carbons (Fsp3) is 0.364. The minimum absolute atomic E-state index is 0.455. The number of imidazole rings is 1. The Morgan fingerprint density at radius 2 is 2.11 bits per heavy atom. The quantitative estimate of drug-likeness (QED) is 0.445. The molecule has 0 bridgehead atoms. The van der Waals surface area contributed by atoms with E-state index in [4.69, 9.17) is 4.99 Å². The first-order valence-corrected chi connectivity index (χ1v) is 10.7. The van der Waals surface area contributed by atoms with Crippen LogP contribution in [-0.4, -0.2) is 28.6 Å². The molecule has 3 rings (SSSR count). The number of aryl methyl sites for hydroxylation is 1. The van der Waals surface area contributed by atoms with Gasteiger partial charge in [0.15, 0.2) is 5.96 Å². The van der Waals surface area contributed by atoms with E-state index in [9.17, 15) is 0 Å². The molecule has 5 nitrogen and oxygen atoms in total. The summed E-state index contributed by atoms with van der Waals surface area (Å²) in [6.07, 6.45) is 3.86. The summed E-state index contributed by atoms with van der Waals surface area (Å²) in [4.78, 5) is 9.06. The summed E-state index contributed by atoms with van der Waals surface area (Å²) in [5.74, 6) is 2.35. The molecule has 148 valence electrons. The number of aromatic nitrogens is 2. The third kappa shape index (κ3) is 5.70. The molecule has 0 radical (unpaired) electrons. The Morgan fingerprint density at radius 3 is 2.82 bits per heavy atom. The van der Waals surface area contributed by atoms with Crippen LogP contribution in [0.4, 0.5) is 0 Å². The summed E-state index contributed by atoms with van der Waals surface area (Å²) in [5, 5.41) is 11.2. The number of hydrogen-bond acceptors (Lipinski definition) is 3. The Morgan fingerprint density at radius 1 is 1.25 bits per heavy atom. The highest BCUT2D eigenvalue weighted by molar-refractivity contribution is 7.07. The van der Waals surface area contributed by atoms with E-state index in [1.54, 1.807) is 11.3 Å². The summed E-state index contributed by atoms with van der Waals surface area (Å²) in [6, 6.07) is 10.8. The van der Waals surface area contributed by atoms with Gasteiger partial charge in [0.25, 0.3) is 0 Å². The van der Waals surface area contributed by atoms with Gasteiger partial charge >= 0.3 is 0 Å². The molecular weight excluding hydrogens is 366 g/mol. The molecule has 0 amide bonds. The van der Waals surface area contributed by atoms with Crippen LogP contribution in [0.2, 0.25) is 0 Å². The molecule has 1 atom stereocenters. The molecule has 3 aromatic rings. The second-order valence-corrected chi connectivity index (χ2v) is 7.74. The Kier molecular flexibility index (Phi) is 7.25. The second-order valence-electron chi connectivity index (χ2n) is 6.96. The van der Waals surface area contributed by atoms with Crippen LogP contribution < -0.4 is 10.6 Å². The molecule has 0 aliphatic carbocycles. The first-order valence-electron chi connectivity index (χ1n) is 9.75. The first-order chi connectivity index (χ1) is 13.7. The number of hydrogen-bond donors (Lipinski definition) is 2. The number of rotatable bonds is 8. The van der Waals surface area contributed by atoms with Gasteiger partial charge < -0.3 is 15.2 Å². The Bertz CT molecular complexity index is 882. The van der Waals surface area contributed by atoms with Crippen LogP contribution in [0.1, 0.15) is 42.3 Å². The highest BCUT2D eigenvalue weighted by Gasteiger charge is 2.07. The normalized spacial score (nSPS) is 12.8. The number of nitrogens with one attached hydrogen (secondary N) is 2. The minimum atomic E-state index is 0.455. The summed E-state index contributed by atoms with van der Waals surface area (Å²) < 4.78 is 2.15. The van der Waals surface area contributed by atoms with E-state index >= 15 is 0 Å². The van der Waals surface area contributed by atoms with Crippen molar-refractivity contribution in [3.8, 4) is 0 Å². The van der Waals surface area contributed by atoms with Gasteiger partial charge in [-0.1, -0.05) is 31.2 Å². The minimum Gasteiger partial charge on any atom is -0.357 e.